The first-order chi connectivity index (χ1) is 7.56. The van der Waals surface area contributed by atoms with Crippen LogP contribution >= 0.6 is 27.3 Å². The number of hydrogen-bond donors (Lipinski definition) is 2. The Labute approximate surface area is 103 Å². The maximum Gasteiger partial charge on any atom is 0.335 e. The van der Waals surface area contributed by atoms with Crippen molar-refractivity contribution in [2.45, 2.75) is 0 Å². The number of aromatic nitrogens is 1. The van der Waals surface area contributed by atoms with Crippen molar-refractivity contribution in [1.82, 2.24) is 4.98 Å². The molecular weight excluding hydrogens is 294 g/mol. The number of aromatic amines is 1. The lowest BCUT2D eigenvalue weighted by Crippen LogP contribution is -2.09. The van der Waals surface area contributed by atoms with Crippen LogP contribution in [-0.4, -0.2) is 16.1 Å². The molecule has 0 saturated carbocycles. The summed E-state index contributed by atoms with van der Waals surface area (Å²) in [6, 6.07) is 6.16. The van der Waals surface area contributed by atoms with Crippen LogP contribution in [0, 0.1) is 0 Å². The van der Waals surface area contributed by atoms with Crippen LogP contribution in [0.25, 0.3) is 10.6 Å². The highest BCUT2D eigenvalue weighted by Crippen LogP contribution is 2.29. The number of aromatic carboxylic acids is 1. The van der Waals surface area contributed by atoms with Gasteiger partial charge in [0, 0.05) is 6.07 Å². The van der Waals surface area contributed by atoms with Gasteiger partial charge in [-0.3, -0.25) is 4.79 Å². The predicted molar refractivity (Wildman–Crippen MR) is 65.0 cm³/mol. The van der Waals surface area contributed by atoms with Gasteiger partial charge in [0.05, 0.1) is 19.9 Å². The van der Waals surface area contributed by atoms with Gasteiger partial charge in [0.1, 0.15) is 0 Å². The summed E-state index contributed by atoms with van der Waals surface area (Å²) in [6.07, 6.45) is 0. The summed E-state index contributed by atoms with van der Waals surface area (Å²) < 4.78 is 0.920. The average molecular weight is 300 g/mol. The van der Waals surface area contributed by atoms with Crippen molar-refractivity contribution in [3.05, 3.63) is 44.0 Å². The summed E-state index contributed by atoms with van der Waals surface area (Å²) in [5.74, 6) is -1.11. The molecule has 0 aliphatic heterocycles. The lowest BCUT2D eigenvalue weighted by molar-refractivity contribution is 0.0696. The fourth-order valence-corrected chi connectivity index (χ4v) is 2.62. The van der Waals surface area contributed by atoms with Crippen LogP contribution in [0.1, 0.15) is 10.4 Å². The number of rotatable bonds is 2. The molecule has 0 amide bonds. The van der Waals surface area contributed by atoms with Crippen LogP contribution in [0.5, 0.6) is 0 Å². The Kier molecular flexibility index (Phi) is 2.93. The number of carbonyl (C=O) groups is 1. The first kappa shape index (κ1) is 11.1. The SMILES string of the molecule is O=C(O)c1cc(-c2ccc(Br)s2)[nH]c(=O)c1. The highest BCUT2D eigenvalue weighted by molar-refractivity contribution is 9.11. The third-order valence-corrected chi connectivity index (χ3v) is 3.59. The molecule has 2 aromatic rings. The lowest BCUT2D eigenvalue weighted by Gasteiger charge is -1.99. The Morgan fingerprint density at radius 1 is 1.38 bits per heavy atom. The van der Waals surface area contributed by atoms with Gasteiger partial charge in [0.25, 0.3) is 0 Å². The number of carboxylic acid groups (broad SMARTS) is 1. The van der Waals surface area contributed by atoms with Gasteiger partial charge in [0.15, 0.2) is 0 Å². The summed E-state index contributed by atoms with van der Waals surface area (Å²) >= 11 is 4.73. The quantitative estimate of drug-likeness (QED) is 0.895. The third-order valence-electron chi connectivity index (χ3n) is 1.93. The van der Waals surface area contributed by atoms with Gasteiger partial charge in [-0.2, -0.15) is 0 Å². The van der Waals surface area contributed by atoms with E-state index < -0.39 is 11.5 Å². The normalized spacial score (nSPS) is 10.3. The minimum Gasteiger partial charge on any atom is -0.478 e. The Hall–Kier alpha value is -1.40. The predicted octanol–water partition coefficient (Wildman–Crippen LogP) is 2.56. The second-order valence-electron chi connectivity index (χ2n) is 3.06. The molecule has 6 heteroatoms. The monoisotopic (exact) mass is 299 g/mol. The topological polar surface area (TPSA) is 70.2 Å². The number of H-pyrrole nitrogens is 1. The van der Waals surface area contributed by atoms with E-state index in [4.69, 9.17) is 5.11 Å². The number of thiophene rings is 1. The van der Waals surface area contributed by atoms with Crippen LogP contribution in [0.3, 0.4) is 0 Å². The maximum absolute atomic E-state index is 11.3. The molecule has 0 fully saturated rings. The molecule has 2 N–H and O–H groups in total. The molecule has 0 aromatic carbocycles. The molecule has 0 unspecified atom stereocenters. The zero-order chi connectivity index (χ0) is 11.7. The molecule has 0 saturated heterocycles. The van der Waals surface area contributed by atoms with Crippen molar-refractivity contribution in [3.63, 3.8) is 0 Å². The van der Waals surface area contributed by atoms with Gasteiger partial charge in [-0.25, -0.2) is 4.79 Å². The smallest absolute Gasteiger partial charge is 0.335 e. The molecule has 2 aromatic heterocycles. The highest BCUT2D eigenvalue weighted by Gasteiger charge is 2.08. The van der Waals surface area contributed by atoms with Crippen LogP contribution in [-0.2, 0) is 0 Å². The van der Waals surface area contributed by atoms with Gasteiger partial charge in [-0.05, 0) is 34.1 Å². The van der Waals surface area contributed by atoms with Crippen LogP contribution in [0.4, 0.5) is 0 Å². The fraction of sp³-hybridized carbons (Fsp3) is 0. The first-order valence-electron chi connectivity index (χ1n) is 4.29. The Bertz CT molecular complexity index is 602. The molecule has 4 nitrogen and oxygen atoms in total. The largest absolute Gasteiger partial charge is 0.478 e. The summed E-state index contributed by atoms with van der Waals surface area (Å²) in [5, 5.41) is 8.83. The Balaban J connectivity index is 2.57. The molecule has 0 atom stereocenters. The van der Waals surface area contributed by atoms with Crippen LogP contribution in [0.15, 0.2) is 32.8 Å². The van der Waals surface area contributed by atoms with Crippen molar-refractivity contribution >= 4 is 33.2 Å². The van der Waals surface area contributed by atoms with Gasteiger partial charge in [0.2, 0.25) is 5.56 Å². The molecule has 0 bridgehead atoms. The number of hydrogen-bond acceptors (Lipinski definition) is 3. The number of carboxylic acids is 1. The lowest BCUT2D eigenvalue weighted by atomic mass is 10.2. The van der Waals surface area contributed by atoms with Crippen molar-refractivity contribution in [3.8, 4) is 10.6 Å². The molecule has 2 heterocycles. The zero-order valence-electron chi connectivity index (χ0n) is 7.86. The summed E-state index contributed by atoms with van der Waals surface area (Å²) in [4.78, 5) is 25.5. The Morgan fingerprint density at radius 3 is 2.69 bits per heavy atom. The number of halogens is 1. The summed E-state index contributed by atoms with van der Waals surface area (Å²) in [6.45, 7) is 0. The molecule has 82 valence electrons. The van der Waals surface area contributed by atoms with Crippen LogP contribution < -0.4 is 5.56 Å². The zero-order valence-corrected chi connectivity index (χ0v) is 10.3. The van der Waals surface area contributed by atoms with E-state index in [0.29, 0.717) is 5.69 Å². The standard InChI is InChI=1S/C10H6BrNO3S/c11-8-2-1-7(16-8)6-3-5(10(14)15)4-9(13)12-6/h1-4H,(H,12,13)(H,14,15). The molecule has 0 radical (unpaired) electrons. The molecule has 16 heavy (non-hydrogen) atoms. The molecule has 0 aliphatic rings. The molecule has 0 spiro atoms. The maximum atomic E-state index is 11.3. The van der Waals surface area contributed by atoms with E-state index in [0.717, 1.165) is 14.7 Å². The van der Waals surface area contributed by atoms with Crippen molar-refractivity contribution in [2.75, 3.05) is 0 Å². The average Bonchev–Trinajstić information content (AvgIpc) is 2.64. The van der Waals surface area contributed by atoms with E-state index in [-0.39, 0.29) is 5.56 Å². The van der Waals surface area contributed by atoms with E-state index in [9.17, 15) is 9.59 Å². The summed E-state index contributed by atoms with van der Waals surface area (Å²) in [7, 11) is 0. The Morgan fingerprint density at radius 2 is 2.12 bits per heavy atom. The van der Waals surface area contributed by atoms with Crippen molar-refractivity contribution in [2.24, 2.45) is 0 Å². The minimum atomic E-state index is -1.11. The van der Waals surface area contributed by atoms with E-state index in [2.05, 4.69) is 20.9 Å². The molecular formula is C10H6BrNO3S. The summed E-state index contributed by atoms with van der Waals surface area (Å²) in [5.41, 5.74) is 0.0864. The highest BCUT2D eigenvalue weighted by atomic mass is 79.9. The van der Waals surface area contributed by atoms with Gasteiger partial charge in [-0.1, -0.05) is 0 Å². The van der Waals surface area contributed by atoms with Crippen molar-refractivity contribution in [1.29, 1.82) is 0 Å². The van der Waals surface area contributed by atoms with Crippen molar-refractivity contribution < 1.29 is 9.90 Å². The van der Waals surface area contributed by atoms with Crippen LogP contribution in [0.2, 0.25) is 0 Å². The molecule has 0 aliphatic carbocycles. The van der Waals surface area contributed by atoms with Gasteiger partial charge < -0.3 is 10.1 Å². The van der Waals surface area contributed by atoms with E-state index >= 15 is 0 Å². The van der Waals surface area contributed by atoms with Gasteiger partial charge in [-0.15, -0.1) is 11.3 Å². The second kappa shape index (κ2) is 4.23. The first-order valence-corrected chi connectivity index (χ1v) is 5.90. The van der Waals surface area contributed by atoms with E-state index in [1.807, 2.05) is 12.1 Å². The number of nitrogens with one attached hydrogen (secondary N) is 1. The minimum absolute atomic E-state index is 0.0109. The van der Waals surface area contributed by atoms with E-state index in [1.165, 1.54) is 17.4 Å². The van der Waals surface area contributed by atoms with E-state index in [1.54, 1.807) is 0 Å². The molecule has 2 rings (SSSR count). The fourth-order valence-electron chi connectivity index (χ4n) is 1.26. The second-order valence-corrected chi connectivity index (χ2v) is 5.52. The third kappa shape index (κ3) is 2.23. The number of pyridine rings is 1. The van der Waals surface area contributed by atoms with Gasteiger partial charge >= 0.3 is 5.97 Å².